The summed E-state index contributed by atoms with van der Waals surface area (Å²) in [5, 5.41) is 5.73. The molecule has 1 saturated heterocycles. The predicted octanol–water partition coefficient (Wildman–Crippen LogP) is 3.17. The normalized spacial score (nSPS) is 15.5. The fraction of sp³-hybridized carbons (Fsp3) is 0.500. The van der Waals surface area contributed by atoms with Gasteiger partial charge in [-0.25, -0.2) is 13.2 Å². The molecule has 1 aliphatic rings. The minimum Gasteiger partial charge on any atom is -0.337 e. The fourth-order valence-corrected chi connectivity index (χ4v) is 5.59. The second-order valence-electron chi connectivity index (χ2n) is 8.61. The second-order valence-corrected chi connectivity index (χ2v) is 10.6. The maximum atomic E-state index is 13.0. The average Bonchev–Trinajstić information content (AvgIpc) is 2.78. The predicted molar refractivity (Wildman–Crippen MR) is 131 cm³/mol. The van der Waals surface area contributed by atoms with Crippen LogP contribution in [0, 0.1) is 13.8 Å². The van der Waals surface area contributed by atoms with E-state index >= 15 is 0 Å². The summed E-state index contributed by atoms with van der Waals surface area (Å²) in [6, 6.07) is 10.6. The lowest BCUT2D eigenvalue weighted by molar-refractivity contribution is 0.170. The van der Waals surface area contributed by atoms with Crippen LogP contribution in [0.3, 0.4) is 0 Å². The van der Waals surface area contributed by atoms with Gasteiger partial charge in [0.1, 0.15) is 0 Å². The molecule has 9 heteroatoms. The number of urea groups is 1. The van der Waals surface area contributed by atoms with Gasteiger partial charge in [-0.3, -0.25) is 4.98 Å². The number of nitrogens with one attached hydrogen (secondary N) is 2. The first kappa shape index (κ1) is 25.1. The number of amides is 2. The van der Waals surface area contributed by atoms with E-state index in [1.165, 1.54) is 4.31 Å². The summed E-state index contributed by atoms with van der Waals surface area (Å²) >= 11 is 0. The van der Waals surface area contributed by atoms with Crippen LogP contribution < -0.4 is 10.6 Å². The Balaban J connectivity index is 1.43. The lowest BCUT2D eigenvalue weighted by Gasteiger charge is -2.36. The molecule has 3 rings (SSSR count). The summed E-state index contributed by atoms with van der Waals surface area (Å²) in [7, 11) is -1.82. The molecule has 0 spiro atoms. The molecule has 8 nitrogen and oxygen atoms in total. The third-order valence-electron chi connectivity index (χ3n) is 6.13. The summed E-state index contributed by atoms with van der Waals surface area (Å²) in [6.07, 6.45) is 2.42. The topological polar surface area (TPSA) is 94.6 Å². The van der Waals surface area contributed by atoms with Gasteiger partial charge in [0, 0.05) is 43.3 Å². The summed E-state index contributed by atoms with van der Waals surface area (Å²) in [5.74, 6) is 0. The van der Waals surface area contributed by atoms with Crippen LogP contribution in [0.5, 0.6) is 0 Å². The molecular weight excluding hydrogens is 438 g/mol. The van der Waals surface area contributed by atoms with E-state index in [1.807, 2.05) is 45.0 Å². The number of hydrogen-bond acceptors (Lipinski definition) is 5. The van der Waals surface area contributed by atoms with Gasteiger partial charge in [0.2, 0.25) is 10.0 Å². The highest BCUT2D eigenvalue weighted by Gasteiger charge is 2.30. The van der Waals surface area contributed by atoms with E-state index in [2.05, 4.69) is 20.5 Å². The molecule has 0 radical (unpaired) electrons. The van der Waals surface area contributed by atoms with Crippen LogP contribution in [0.1, 0.15) is 36.7 Å². The fourth-order valence-electron chi connectivity index (χ4n) is 4.18. The molecule has 0 aliphatic carbocycles. The first-order valence-electron chi connectivity index (χ1n) is 11.5. The Kier molecular flexibility index (Phi) is 8.45. The number of anilines is 1. The molecule has 2 amide bonds. The van der Waals surface area contributed by atoms with Crippen LogP contribution in [0.2, 0.25) is 0 Å². The molecule has 180 valence electrons. The first-order chi connectivity index (χ1) is 15.7. The van der Waals surface area contributed by atoms with Crippen molar-refractivity contribution in [2.24, 2.45) is 0 Å². The zero-order valence-electron chi connectivity index (χ0n) is 20.0. The smallest absolute Gasteiger partial charge is 0.319 e. The summed E-state index contributed by atoms with van der Waals surface area (Å²) < 4.78 is 27.5. The standard InChI is InChI=1S/C24H35N5O3S/c1-5-20-6-8-23(9-7-20)33(31,32)28(4)22-10-13-29(14-11-22)15-12-25-24(30)27-21-16-18(2)26-19(3)17-21/h6-9,16-17,22H,5,10-15H2,1-4H3,(H2,25,26,27,30). The Morgan fingerprint density at radius 2 is 1.73 bits per heavy atom. The molecule has 0 bridgehead atoms. The van der Waals surface area contributed by atoms with Gasteiger partial charge < -0.3 is 15.5 Å². The van der Waals surface area contributed by atoms with Crippen molar-refractivity contribution in [3.05, 3.63) is 53.3 Å². The number of likely N-dealkylation sites (tertiary alicyclic amines) is 1. The van der Waals surface area contributed by atoms with Crippen molar-refractivity contribution in [2.45, 2.75) is 51.0 Å². The number of rotatable bonds is 8. The van der Waals surface area contributed by atoms with E-state index < -0.39 is 10.0 Å². The number of sulfonamides is 1. The molecule has 0 unspecified atom stereocenters. The van der Waals surface area contributed by atoms with Crippen molar-refractivity contribution >= 4 is 21.7 Å². The quantitative estimate of drug-likeness (QED) is 0.614. The molecule has 0 saturated carbocycles. The van der Waals surface area contributed by atoms with E-state index in [-0.39, 0.29) is 12.1 Å². The molecule has 1 aromatic heterocycles. The van der Waals surface area contributed by atoms with E-state index in [4.69, 9.17) is 0 Å². The first-order valence-corrected chi connectivity index (χ1v) is 12.9. The zero-order valence-corrected chi connectivity index (χ0v) is 20.8. The van der Waals surface area contributed by atoms with Gasteiger partial charge in [-0.2, -0.15) is 4.31 Å². The van der Waals surface area contributed by atoms with E-state index in [0.29, 0.717) is 11.4 Å². The number of aromatic nitrogens is 1. The number of aryl methyl sites for hydroxylation is 3. The van der Waals surface area contributed by atoms with E-state index in [1.54, 1.807) is 19.2 Å². The van der Waals surface area contributed by atoms with Gasteiger partial charge in [-0.15, -0.1) is 0 Å². The van der Waals surface area contributed by atoms with Crippen molar-refractivity contribution in [1.82, 2.24) is 19.5 Å². The molecule has 2 heterocycles. The van der Waals surface area contributed by atoms with Gasteiger partial charge >= 0.3 is 6.03 Å². The lowest BCUT2D eigenvalue weighted by atomic mass is 10.1. The third-order valence-corrected chi connectivity index (χ3v) is 8.06. The van der Waals surface area contributed by atoms with Crippen molar-refractivity contribution in [2.75, 3.05) is 38.5 Å². The van der Waals surface area contributed by atoms with Crippen LogP contribution in [-0.4, -0.2) is 67.9 Å². The Bertz CT molecular complexity index is 1030. The number of benzene rings is 1. The van der Waals surface area contributed by atoms with Crippen LogP contribution in [0.25, 0.3) is 0 Å². The van der Waals surface area contributed by atoms with Crippen molar-refractivity contribution in [3.8, 4) is 0 Å². The van der Waals surface area contributed by atoms with Gasteiger partial charge in [-0.05, 0) is 76.0 Å². The third kappa shape index (κ3) is 6.75. The lowest BCUT2D eigenvalue weighted by Crippen LogP contribution is -2.47. The zero-order chi connectivity index (χ0) is 24.0. The highest BCUT2D eigenvalue weighted by atomic mass is 32.2. The summed E-state index contributed by atoms with van der Waals surface area (Å²) in [5.41, 5.74) is 3.57. The van der Waals surface area contributed by atoms with Crippen molar-refractivity contribution in [3.63, 3.8) is 0 Å². The maximum absolute atomic E-state index is 13.0. The Hall–Kier alpha value is -2.49. The summed E-state index contributed by atoms with van der Waals surface area (Å²) in [4.78, 5) is 19.1. The van der Waals surface area contributed by atoms with Gasteiger partial charge in [0.15, 0.2) is 0 Å². The Morgan fingerprint density at radius 3 is 2.30 bits per heavy atom. The van der Waals surface area contributed by atoms with Crippen LogP contribution in [-0.2, 0) is 16.4 Å². The van der Waals surface area contributed by atoms with Gasteiger partial charge in [0.05, 0.1) is 4.90 Å². The highest BCUT2D eigenvalue weighted by Crippen LogP contribution is 2.23. The number of pyridine rings is 1. The molecule has 2 N–H and O–H groups in total. The molecular formula is C24H35N5O3S. The number of carbonyl (C=O) groups is 1. The van der Waals surface area contributed by atoms with E-state index in [0.717, 1.165) is 61.5 Å². The largest absolute Gasteiger partial charge is 0.337 e. The minimum atomic E-state index is -3.50. The van der Waals surface area contributed by atoms with Gasteiger partial charge in [0.25, 0.3) is 0 Å². The molecule has 1 fully saturated rings. The number of carbonyl (C=O) groups excluding carboxylic acids is 1. The van der Waals surface area contributed by atoms with Gasteiger partial charge in [-0.1, -0.05) is 19.1 Å². The number of nitrogens with zero attached hydrogens (tertiary/aromatic N) is 3. The molecule has 2 aromatic rings. The monoisotopic (exact) mass is 473 g/mol. The number of piperidine rings is 1. The summed E-state index contributed by atoms with van der Waals surface area (Å²) in [6.45, 7) is 8.68. The molecule has 0 atom stereocenters. The minimum absolute atomic E-state index is 0.0217. The Labute approximate surface area is 197 Å². The van der Waals surface area contributed by atoms with Crippen molar-refractivity contribution in [1.29, 1.82) is 0 Å². The molecule has 1 aliphatic heterocycles. The number of hydrogen-bond donors (Lipinski definition) is 2. The van der Waals surface area contributed by atoms with Crippen LogP contribution in [0.15, 0.2) is 41.3 Å². The Morgan fingerprint density at radius 1 is 1.12 bits per heavy atom. The highest BCUT2D eigenvalue weighted by molar-refractivity contribution is 7.89. The molecule has 1 aromatic carbocycles. The van der Waals surface area contributed by atoms with Crippen LogP contribution in [0.4, 0.5) is 10.5 Å². The second kappa shape index (κ2) is 11.1. The van der Waals surface area contributed by atoms with Crippen molar-refractivity contribution < 1.29 is 13.2 Å². The average molecular weight is 474 g/mol. The van der Waals surface area contributed by atoms with Crippen LogP contribution >= 0.6 is 0 Å². The SMILES string of the molecule is CCc1ccc(S(=O)(=O)N(C)C2CCN(CCNC(=O)Nc3cc(C)nc(C)c3)CC2)cc1. The van der Waals surface area contributed by atoms with E-state index in [9.17, 15) is 13.2 Å². The maximum Gasteiger partial charge on any atom is 0.319 e. The molecule has 33 heavy (non-hydrogen) atoms.